The van der Waals surface area contributed by atoms with Crippen molar-refractivity contribution in [3.8, 4) is 0 Å². The maximum atomic E-state index is 11.4. The summed E-state index contributed by atoms with van der Waals surface area (Å²) in [5.41, 5.74) is 0.929. The van der Waals surface area contributed by atoms with Gasteiger partial charge in [0.05, 0.1) is 10.9 Å². The molecule has 1 unspecified atom stereocenters. The maximum absolute atomic E-state index is 11.4. The van der Waals surface area contributed by atoms with E-state index in [1.165, 1.54) is 6.26 Å². The number of benzene rings is 1. The van der Waals surface area contributed by atoms with Crippen molar-refractivity contribution in [3.63, 3.8) is 0 Å². The molecule has 0 spiro atoms. The summed E-state index contributed by atoms with van der Waals surface area (Å²) in [4.78, 5) is 4.50. The average molecular weight is 288 g/mol. The van der Waals surface area contributed by atoms with Crippen molar-refractivity contribution < 1.29 is 8.42 Å². The topological polar surface area (TPSA) is 59.1 Å². The van der Waals surface area contributed by atoms with Crippen LogP contribution in [0.2, 0.25) is 0 Å². The lowest BCUT2D eigenvalue weighted by atomic mass is 10.1. The molecule has 2 aromatic rings. The van der Waals surface area contributed by atoms with Crippen molar-refractivity contribution >= 4 is 15.7 Å². The third-order valence-electron chi connectivity index (χ3n) is 2.87. The number of nitrogens with zero attached hydrogens (tertiary/aromatic N) is 1. The highest BCUT2D eigenvalue weighted by Gasteiger charge is 2.10. The van der Waals surface area contributed by atoms with Crippen molar-refractivity contribution in [2.24, 2.45) is 0 Å². The fourth-order valence-corrected chi connectivity index (χ4v) is 2.44. The van der Waals surface area contributed by atoms with Crippen LogP contribution in [0.25, 0.3) is 0 Å². The summed E-state index contributed by atoms with van der Waals surface area (Å²) < 4.78 is 22.9. The minimum absolute atomic E-state index is 0.126. The van der Waals surface area contributed by atoms with Crippen LogP contribution in [-0.2, 0) is 9.84 Å². The van der Waals surface area contributed by atoms with E-state index in [9.17, 15) is 8.42 Å². The minimum Gasteiger partial charge on any atom is -0.360 e. The highest BCUT2D eigenvalue weighted by Crippen LogP contribution is 2.21. The van der Waals surface area contributed by atoms with Gasteiger partial charge in [-0.15, -0.1) is 6.58 Å². The molecule has 0 amide bonds. The third kappa shape index (κ3) is 3.45. The molecule has 0 aliphatic heterocycles. The van der Waals surface area contributed by atoms with Gasteiger partial charge in [-0.3, -0.25) is 0 Å². The Balaban J connectivity index is 2.22. The zero-order chi connectivity index (χ0) is 14.6. The number of hydrogen-bond donors (Lipinski definition) is 1. The highest BCUT2D eigenvalue weighted by molar-refractivity contribution is 7.90. The van der Waals surface area contributed by atoms with Gasteiger partial charge in [0.2, 0.25) is 0 Å². The molecule has 1 heterocycles. The first-order valence-electron chi connectivity index (χ1n) is 6.11. The van der Waals surface area contributed by atoms with E-state index in [2.05, 4.69) is 16.9 Å². The van der Waals surface area contributed by atoms with Gasteiger partial charge in [-0.25, -0.2) is 13.4 Å². The highest BCUT2D eigenvalue weighted by atomic mass is 32.2. The van der Waals surface area contributed by atoms with Crippen LogP contribution >= 0.6 is 0 Å². The molecule has 1 N–H and O–H groups in total. The van der Waals surface area contributed by atoms with Gasteiger partial charge >= 0.3 is 0 Å². The van der Waals surface area contributed by atoms with Crippen LogP contribution in [-0.4, -0.2) is 19.7 Å². The minimum atomic E-state index is -3.17. The molecule has 2 rings (SSSR count). The van der Waals surface area contributed by atoms with Gasteiger partial charge in [-0.1, -0.05) is 24.3 Å². The predicted molar refractivity (Wildman–Crippen MR) is 80.3 cm³/mol. The number of rotatable bonds is 5. The van der Waals surface area contributed by atoms with E-state index in [4.69, 9.17) is 0 Å². The molecule has 0 aliphatic carbocycles. The van der Waals surface area contributed by atoms with Gasteiger partial charge in [-0.05, 0) is 29.8 Å². The van der Waals surface area contributed by atoms with E-state index in [1.54, 1.807) is 36.5 Å². The lowest BCUT2D eigenvalue weighted by molar-refractivity contribution is 0.602. The van der Waals surface area contributed by atoms with Gasteiger partial charge in [0.15, 0.2) is 9.84 Å². The lowest BCUT2D eigenvalue weighted by Crippen LogP contribution is -2.09. The molecule has 0 radical (unpaired) electrons. The Morgan fingerprint density at radius 2 is 1.90 bits per heavy atom. The fraction of sp³-hybridized carbons (Fsp3) is 0.133. The van der Waals surface area contributed by atoms with E-state index < -0.39 is 9.84 Å². The quantitative estimate of drug-likeness (QED) is 0.859. The first-order chi connectivity index (χ1) is 9.50. The monoisotopic (exact) mass is 288 g/mol. The Hall–Kier alpha value is -2.14. The number of hydrogen-bond acceptors (Lipinski definition) is 4. The lowest BCUT2D eigenvalue weighted by Gasteiger charge is -2.16. The molecule has 1 atom stereocenters. The Morgan fingerprint density at radius 1 is 1.20 bits per heavy atom. The van der Waals surface area contributed by atoms with Crippen molar-refractivity contribution in [1.82, 2.24) is 4.98 Å². The molecule has 1 aromatic carbocycles. The molecule has 0 bridgehead atoms. The van der Waals surface area contributed by atoms with E-state index in [-0.39, 0.29) is 6.04 Å². The van der Waals surface area contributed by atoms with Crippen molar-refractivity contribution in [2.45, 2.75) is 10.9 Å². The Morgan fingerprint density at radius 3 is 2.40 bits per heavy atom. The van der Waals surface area contributed by atoms with Crippen molar-refractivity contribution in [2.75, 3.05) is 11.6 Å². The first-order valence-corrected chi connectivity index (χ1v) is 8.00. The van der Waals surface area contributed by atoms with E-state index in [0.717, 1.165) is 11.4 Å². The van der Waals surface area contributed by atoms with Crippen LogP contribution < -0.4 is 5.32 Å². The van der Waals surface area contributed by atoms with Crippen molar-refractivity contribution in [3.05, 3.63) is 66.9 Å². The Labute approximate surface area is 119 Å². The summed E-state index contributed by atoms with van der Waals surface area (Å²) in [6.45, 7) is 3.80. The van der Waals surface area contributed by atoms with Crippen LogP contribution in [0.15, 0.2) is 66.2 Å². The van der Waals surface area contributed by atoms with Gasteiger partial charge in [0.25, 0.3) is 0 Å². The summed E-state index contributed by atoms with van der Waals surface area (Å²) in [6.07, 6.45) is 4.65. The predicted octanol–water partition coefficient (Wildman–Crippen LogP) is 2.82. The number of aromatic nitrogens is 1. The zero-order valence-corrected chi connectivity index (χ0v) is 12.0. The standard InChI is InChI=1S/C15H16N2O2S/c1-3-14(17-15-6-4-5-11-16-15)12-7-9-13(10-8-12)20(2,18)19/h3-11,14H,1H2,2H3,(H,16,17). The SMILES string of the molecule is C=CC(Nc1ccccn1)c1ccc(S(C)(=O)=O)cc1. The molecule has 0 aliphatic rings. The van der Waals surface area contributed by atoms with Gasteiger partial charge in [0.1, 0.15) is 5.82 Å². The largest absolute Gasteiger partial charge is 0.360 e. The van der Waals surface area contributed by atoms with Gasteiger partial charge < -0.3 is 5.32 Å². The maximum Gasteiger partial charge on any atom is 0.175 e. The molecule has 0 fully saturated rings. The summed E-state index contributed by atoms with van der Waals surface area (Å²) in [5.74, 6) is 0.740. The van der Waals surface area contributed by atoms with Crippen molar-refractivity contribution in [1.29, 1.82) is 0 Å². The normalized spacial score (nSPS) is 12.7. The van der Waals surface area contributed by atoms with Crippen LogP contribution in [0.1, 0.15) is 11.6 Å². The second-order valence-electron chi connectivity index (χ2n) is 4.41. The molecule has 1 aromatic heterocycles. The second kappa shape index (κ2) is 5.88. The molecule has 0 saturated heterocycles. The zero-order valence-electron chi connectivity index (χ0n) is 11.2. The molecular formula is C15H16N2O2S. The smallest absolute Gasteiger partial charge is 0.175 e. The average Bonchev–Trinajstić information content (AvgIpc) is 2.45. The molecular weight excluding hydrogens is 272 g/mol. The third-order valence-corrected chi connectivity index (χ3v) is 4.00. The van der Waals surface area contributed by atoms with Gasteiger partial charge in [-0.2, -0.15) is 0 Å². The summed E-state index contributed by atoms with van der Waals surface area (Å²) in [6, 6.07) is 12.2. The summed E-state index contributed by atoms with van der Waals surface area (Å²) >= 11 is 0. The van der Waals surface area contributed by atoms with Crippen LogP contribution in [0.3, 0.4) is 0 Å². The number of anilines is 1. The molecule has 4 nitrogen and oxygen atoms in total. The van der Waals surface area contributed by atoms with E-state index in [1.807, 2.05) is 18.2 Å². The Bertz CT molecular complexity index is 680. The fourth-order valence-electron chi connectivity index (χ4n) is 1.81. The second-order valence-corrected chi connectivity index (χ2v) is 6.43. The van der Waals surface area contributed by atoms with E-state index in [0.29, 0.717) is 4.90 Å². The van der Waals surface area contributed by atoms with Crippen LogP contribution in [0.4, 0.5) is 5.82 Å². The summed E-state index contributed by atoms with van der Waals surface area (Å²) in [5, 5.41) is 3.22. The molecule has 104 valence electrons. The first kappa shape index (κ1) is 14.3. The molecule has 5 heteroatoms. The Kier molecular flexibility index (Phi) is 4.20. The van der Waals surface area contributed by atoms with E-state index >= 15 is 0 Å². The van der Waals surface area contributed by atoms with Crippen LogP contribution in [0, 0.1) is 0 Å². The number of nitrogens with one attached hydrogen (secondary N) is 1. The number of pyridine rings is 1. The number of sulfone groups is 1. The van der Waals surface area contributed by atoms with Crippen LogP contribution in [0.5, 0.6) is 0 Å². The molecule has 20 heavy (non-hydrogen) atoms. The summed E-state index contributed by atoms with van der Waals surface area (Å²) in [7, 11) is -3.17. The van der Waals surface area contributed by atoms with Gasteiger partial charge in [0, 0.05) is 12.5 Å². The molecule has 0 saturated carbocycles.